The second-order valence-corrected chi connectivity index (χ2v) is 7.53. The van der Waals surface area contributed by atoms with Crippen molar-refractivity contribution < 1.29 is 16.8 Å². The number of rotatable bonds is 5. The highest BCUT2D eigenvalue weighted by Crippen LogP contribution is 2.22. The normalized spacial score (nSPS) is 16.3. The largest absolute Gasteiger partial charge is 0.299 e. The lowest BCUT2D eigenvalue weighted by Crippen LogP contribution is -2.32. The molecular formula is C10H15N3O4S2. The van der Waals surface area contributed by atoms with Gasteiger partial charge in [-0.2, -0.15) is 13.1 Å². The molecule has 1 aromatic rings. The van der Waals surface area contributed by atoms with Crippen molar-refractivity contribution in [3.8, 4) is 0 Å². The molecule has 106 valence electrons. The first-order valence-corrected chi connectivity index (χ1v) is 8.64. The molecule has 0 saturated heterocycles. The lowest BCUT2D eigenvalue weighted by atomic mass is 10.2. The van der Waals surface area contributed by atoms with E-state index in [0.29, 0.717) is 11.3 Å². The Labute approximate surface area is 112 Å². The van der Waals surface area contributed by atoms with Crippen molar-refractivity contribution in [2.75, 3.05) is 4.72 Å². The fraction of sp³-hybridized carbons (Fsp3) is 0.400. The van der Waals surface area contributed by atoms with Crippen LogP contribution in [0.15, 0.2) is 23.1 Å². The third-order valence-corrected chi connectivity index (χ3v) is 4.71. The van der Waals surface area contributed by atoms with E-state index in [1.54, 1.807) is 6.92 Å². The standard InChI is InChI=1S/C10H15N3O4S2/c1-7-6-9(18(11,14)15)4-5-10(7)13-19(16,17)12-8-2-3-8/h4-6,8,12-13H,2-3H2,1H3,(H2,11,14,15). The Hall–Kier alpha value is -1.16. The molecule has 0 aromatic heterocycles. The van der Waals surface area contributed by atoms with Crippen LogP contribution in [0.2, 0.25) is 0 Å². The number of hydrogen-bond acceptors (Lipinski definition) is 4. The molecule has 2 rings (SSSR count). The first kappa shape index (κ1) is 14.3. The number of benzene rings is 1. The zero-order valence-corrected chi connectivity index (χ0v) is 11.9. The smallest absolute Gasteiger partial charge is 0.271 e. The second-order valence-electron chi connectivity index (χ2n) is 4.52. The summed E-state index contributed by atoms with van der Waals surface area (Å²) in [5.74, 6) is 0. The predicted octanol–water partition coefficient (Wildman–Crippen LogP) is 0.0511. The van der Waals surface area contributed by atoms with Gasteiger partial charge in [-0.1, -0.05) is 0 Å². The van der Waals surface area contributed by atoms with Crippen LogP contribution in [0.3, 0.4) is 0 Å². The average Bonchev–Trinajstić information content (AvgIpc) is 3.02. The average molecular weight is 305 g/mol. The summed E-state index contributed by atoms with van der Waals surface area (Å²) < 4.78 is 50.6. The number of hydrogen-bond donors (Lipinski definition) is 3. The molecule has 1 fully saturated rings. The molecule has 0 radical (unpaired) electrons. The summed E-state index contributed by atoms with van der Waals surface area (Å²) in [6, 6.07) is 3.96. The van der Waals surface area contributed by atoms with Crippen molar-refractivity contribution in [2.24, 2.45) is 5.14 Å². The van der Waals surface area contributed by atoms with Crippen LogP contribution in [0, 0.1) is 6.92 Å². The van der Waals surface area contributed by atoms with E-state index in [0.717, 1.165) is 12.8 Å². The molecule has 4 N–H and O–H groups in total. The zero-order chi connectivity index (χ0) is 14.3. The first-order chi connectivity index (χ1) is 8.67. The maximum absolute atomic E-state index is 11.7. The Morgan fingerprint density at radius 2 is 1.84 bits per heavy atom. The molecule has 0 spiro atoms. The summed E-state index contributed by atoms with van der Waals surface area (Å²) in [5, 5.41) is 5.00. The van der Waals surface area contributed by atoms with Crippen molar-refractivity contribution in [1.29, 1.82) is 0 Å². The minimum atomic E-state index is -3.79. The van der Waals surface area contributed by atoms with E-state index in [1.807, 2.05) is 0 Å². The fourth-order valence-corrected chi connectivity index (χ4v) is 3.37. The van der Waals surface area contributed by atoms with E-state index >= 15 is 0 Å². The fourth-order valence-electron chi connectivity index (χ4n) is 1.52. The summed E-state index contributed by atoms with van der Waals surface area (Å²) in [7, 11) is -7.41. The van der Waals surface area contributed by atoms with E-state index in [9.17, 15) is 16.8 Å². The summed E-state index contributed by atoms with van der Waals surface area (Å²) in [6.07, 6.45) is 1.68. The van der Waals surface area contributed by atoms with Gasteiger partial charge in [0.1, 0.15) is 0 Å². The van der Waals surface area contributed by atoms with Gasteiger partial charge in [-0.3, -0.25) is 4.72 Å². The lowest BCUT2D eigenvalue weighted by Gasteiger charge is -2.11. The van der Waals surface area contributed by atoms with Crippen molar-refractivity contribution >= 4 is 25.9 Å². The Kier molecular flexibility index (Phi) is 3.56. The van der Waals surface area contributed by atoms with E-state index in [1.165, 1.54) is 18.2 Å². The number of nitrogens with one attached hydrogen (secondary N) is 2. The Morgan fingerprint density at radius 3 is 2.32 bits per heavy atom. The van der Waals surface area contributed by atoms with E-state index < -0.39 is 20.2 Å². The van der Waals surface area contributed by atoms with E-state index in [-0.39, 0.29) is 10.9 Å². The molecule has 0 aliphatic heterocycles. The van der Waals surface area contributed by atoms with Crippen molar-refractivity contribution in [3.05, 3.63) is 23.8 Å². The number of aryl methyl sites for hydroxylation is 1. The van der Waals surface area contributed by atoms with Crippen LogP contribution in [0.25, 0.3) is 0 Å². The molecule has 0 heterocycles. The first-order valence-electron chi connectivity index (χ1n) is 5.61. The molecule has 7 nitrogen and oxygen atoms in total. The molecule has 1 aromatic carbocycles. The third kappa shape index (κ3) is 3.90. The summed E-state index contributed by atoms with van der Waals surface area (Å²) in [6.45, 7) is 1.60. The van der Waals surface area contributed by atoms with Gasteiger partial charge in [-0.05, 0) is 43.5 Å². The Bertz CT molecular complexity index is 693. The van der Waals surface area contributed by atoms with Gasteiger partial charge >= 0.3 is 0 Å². The Morgan fingerprint density at radius 1 is 1.21 bits per heavy atom. The Balaban J connectivity index is 2.22. The van der Waals surface area contributed by atoms with Gasteiger partial charge in [0.2, 0.25) is 10.0 Å². The summed E-state index contributed by atoms with van der Waals surface area (Å²) >= 11 is 0. The molecular weight excluding hydrogens is 290 g/mol. The minimum absolute atomic E-state index is 0.00139. The van der Waals surface area contributed by atoms with Gasteiger partial charge in [-0.25, -0.2) is 13.6 Å². The molecule has 9 heteroatoms. The maximum atomic E-state index is 11.7. The van der Waals surface area contributed by atoms with E-state index in [2.05, 4.69) is 9.44 Å². The van der Waals surface area contributed by atoms with Crippen LogP contribution >= 0.6 is 0 Å². The molecule has 0 atom stereocenters. The van der Waals surface area contributed by atoms with Gasteiger partial charge in [0.05, 0.1) is 10.6 Å². The highest BCUT2D eigenvalue weighted by molar-refractivity contribution is 7.90. The predicted molar refractivity (Wildman–Crippen MR) is 71.3 cm³/mol. The highest BCUT2D eigenvalue weighted by atomic mass is 32.2. The minimum Gasteiger partial charge on any atom is -0.271 e. The van der Waals surface area contributed by atoms with Gasteiger partial charge in [-0.15, -0.1) is 0 Å². The van der Waals surface area contributed by atoms with Crippen molar-refractivity contribution in [2.45, 2.75) is 30.7 Å². The quantitative estimate of drug-likeness (QED) is 0.712. The lowest BCUT2D eigenvalue weighted by molar-refractivity contribution is 0.586. The molecule has 19 heavy (non-hydrogen) atoms. The van der Waals surface area contributed by atoms with Crippen LogP contribution in [-0.2, 0) is 20.2 Å². The maximum Gasteiger partial charge on any atom is 0.299 e. The SMILES string of the molecule is Cc1cc(S(N)(=O)=O)ccc1NS(=O)(=O)NC1CC1. The molecule has 0 bridgehead atoms. The summed E-state index contributed by atoms with van der Waals surface area (Å²) in [5.41, 5.74) is 0.799. The van der Waals surface area contributed by atoms with E-state index in [4.69, 9.17) is 5.14 Å². The number of nitrogens with two attached hydrogens (primary N) is 1. The monoisotopic (exact) mass is 305 g/mol. The third-order valence-electron chi connectivity index (χ3n) is 2.67. The van der Waals surface area contributed by atoms with Gasteiger partial charge in [0.15, 0.2) is 0 Å². The second kappa shape index (κ2) is 4.75. The van der Waals surface area contributed by atoms with Crippen molar-refractivity contribution in [3.63, 3.8) is 0 Å². The van der Waals surface area contributed by atoms with Crippen LogP contribution in [0.1, 0.15) is 18.4 Å². The van der Waals surface area contributed by atoms with Crippen LogP contribution < -0.4 is 14.6 Å². The van der Waals surface area contributed by atoms with Crippen LogP contribution in [-0.4, -0.2) is 22.9 Å². The molecule has 1 aliphatic rings. The molecule has 0 amide bonds. The number of primary sulfonamides is 1. The molecule has 0 unspecified atom stereocenters. The summed E-state index contributed by atoms with van der Waals surface area (Å²) in [4.78, 5) is -0.0527. The topological polar surface area (TPSA) is 118 Å². The van der Waals surface area contributed by atoms with Gasteiger partial charge in [0.25, 0.3) is 10.2 Å². The van der Waals surface area contributed by atoms with Gasteiger partial charge < -0.3 is 0 Å². The van der Waals surface area contributed by atoms with Gasteiger partial charge in [0, 0.05) is 6.04 Å². The number of sulfonamides is 1. The molecule has 1 aliphatic carbocycles. The zero-order valence-electron chi connectivity index (χ0n) is 10.3. The van der Waals surface area contributed by atoms with Crippen LogP contribution in [0.5, 0.6) is 0 Å². The molecule has 1 saturated carbocycles. The number of anilines is 1. The van der Waals surface area contributed by atoms with Crippen molar-refractivity contribution in [1.82, 2.24) is 4.72 Å². The van der Waals surface area contributed by atoms with Crippen LogP contribution in [0.4, 0.5) is 5.69 Å². The highest BCUT2D eigenvalue weighted by Gasteiger charge is 2.27.